The molecule has 1 aromatic rings. The van der Waals surface area contributed by atoms with Gasteiger partial charge in [-0.2, -0.15) is 0 Å². The summed E-state index contributed by atoms with van der Waals surface area (Å²) in [6, 6.07) is 2.60. The predicted octanol–water partition coefficient (Wildman–Crippen LogP) is 2.47. The van der Waals surface area contributed by atoms with E-state index in [4.69, 9.17) is 27.9 Å². The van der Waals surface area contributed by atoms with Gasteiger partial charge in [-0.15, -0.1) is 6.58 Å². The Morgan fingerprint density at radius 3 is 2.59 bits per heavy atom. The second kappa shape index (κ2) is 5.73. The van der Waals surface area contributed by atoms with Gasteiger partial charge in [0.2, 0.25) is 10.0 Å². The van der Waals surface area contributed by atoms with Gasteiger partial charge in [0.25, 0.3) is 0 Å². The highest BCUT2D eigenvalue weighted by Crippen LogP contribution is 2.33. The standard InChI is InChI=1S/C10H11Cl2NO3S/c1-3-4-13-17(14,15)10-6-7(11)9(16-2)5-8(10)12/h3,5-6,13H,1,4H2,2H3. The molecule has 0 aromatic heterocycles. The first kappa shape index (κ1) is 14.3. The summed E-state index contributed by atoms with van der Waals surface area (Å²) < 4.78 is 30.9. The number of sulfonamides is 1. The van der Waals surface area contributed by atoms with Crippen LogP contribution in [0.1, 0.15) is 0 Å². The van der Waals surface area contributed by atoms with E-state index in [2.05, 4.69) is 11.3 Å². The van der Waals surface area contributed by atoms with Gasteiger partial charge in [0.15, 0.2) is 0 Å². The highest BCUT2D eigenvalue weighted by molar-refractivity contribution is 7.89. The van der Waals surface area contributed by atoms with Crippen molar-refractivity contribution in [2.45, 2.75) is 4.90 Å². The van der Waals surface area contributed by atoms with E-state index in [0.717, 1.165) is 0 Å². The van der Waals surface area contributed by atoms with Gasteiger partial charge in [0.1, 0.15) is 10.6 Å². The fourth-order valence-corrected chi connectivity index (χ4v) is 2.96. The molecular weight excluding hydrogens is 285 g/mol. The first-order valence-corrected chi connectivity index (χ1v) is 6.80. The summed E-state index contributed by atoms with van der Waals surface area (Å²) in [4.78, 5) is -0.0909. The smallest absolute Gasteiger partial charge is 0.242 e. The molecule has 0 radical (unpaired) electrons. The summed E-state index contributed by atoms with van der Waals surface area (Å²) in [6.45, 7) is 3.53. The largest absolute Gasteiger partial charge is 0.495 e. The second-order valence-electron chi connectivity index (χ2n) is 3.06. The van der Waals surface area contributed by atoms with E-state index in [0.29, 0.717) is 5.75 Å². The normalized spacial score (nSPS) is 11.2. The zero-order valence-corrected chi connectivity index (χ0v) is 11.4. The topological polar surface area (TPSA) is 55.4 Å². The summed E-state index contributed by atoms with van der Waals surface area (Å²) >= 11 is 11.7. The molecule has 1 N–H and O–H groups in total. The molecule has 0 atom stereocenters. The van der Waals surface area contributed by atoms with Crippen molar-refractivity contribution in [3.8, 4) is 5.75 Å². The van der Waals surface area contributed by atoms with Crippen molar-refractivity contribution < 1.29 is 13.2 Å². The molecule has 94 valence electrons. The molecule has 0 saturated carbocycles. The van der Waals surface area contributed by atoms with Gasteiger partial charge in [0, 0.05) is 12.6 Å². The zero-order valence-electron chi connectivity index (χ0n) is 9.04. The molecule has 0 aliphatic rings. The van der Waals surface area contributed by atoms with Crippen LogP contribution in [0.3, 0.4) is 0 Å². The van der Waals surface area contributed by atoms with E-state index < -0.39 is 10.0 Å². The van der Waals surface area contributed by atoms with Crippen LogP contribution >= 0.6 is 23.2 Å². The van der Waals surface area contributed by atoms with Gasteiger partial charge in [-0.3, -0.25) is 0 Å². The maximum atomic E-state index is 11.8. The lowest BCUT2D eigenvalue weighted by Gasteiger charge is -2.09. The van der Waals surface area contributed by atoms with Crippen LogP contribution in [0.25, 0.3) is 0 Å². The van der Waals surface area contributed by atoms with Crippen LogP contribution in [0.5, 0.6) is 5.75 Å². The van der Waals surface area contributed by atoms with Crippen molar-refractivity contribution in [2.24, 2.45) is 0 Å². The van der Waals surface area contributed by atoms with Crippen LogP contribution in [0.15, 0.2) is 29.7 Å². The summed E-state index contributed by atoms with van der Waals surface area (Å²) in [5, 5.41) is 0.221. The molecule has 0 unspecified atom stereocenters. The fraction of sp³-hybridized carbons (Fsp3) is 0.200. The summed E-state index contributed by atoms with van der Waals surface area (Å²) in [5.74, 6) is 0.319. The molecule has 1 aromatic carbocycles. The lowest BCUT2D eigenvalue weighted by Crippen LogP contribution is -2.24. The minimum atomic E-state index is -3.69. The van der Waals surface area contributed by atoms with Gasteiger partial charge in [-0.25, -0.2) is 13.1 Å². The Bertz CT molecular complexity index is 529. The van der Waals surface area contributed by atoms with Crippen LogP contribution in [0.4, 0.5) is 0 Å². The molecule has 4 nitrogen and oxygen atoms in total. The molecule has 17 heavy (non-hydrogen) atoms. The van der Waals surface area contributed by atoms with Crippen molar-refractivity contribution in [3.05, 3.63) is 34.8 Å². The first-order chi connectivity index (χ1) is 7.92. The van der Waals surface area contributed by atoms with Crippen LogP contribution in [0.2, 0.25) is 10.0 Å². The number of halogens is 2. The van der Waals surface area contributed by atoms with Crippen molar-refractivity contribution >= 4 is 33.2 Å². The molecule has 0 aliphatic carbocycles. The third kappa shape index (κ3) is 3.35. The predicted molar refractivity (Wildman–Crippen MR) is 68.4 cm³/mol. The minimum absolute atomic E-state index is 0.0443. The van der Waals surface area contributed by atoms with Crippen LogP contribution in [-0.4, -0.2) is 22.1 Å². The molecule has 0 fully saturated rings. The third-order valence-corrected chi connectivity index (χ3v) is 4.10. The van der Waals surface area contributed by atoms with Crippen LogP contribution in [0, 0.1) is 0 Å². The molecule has 0 spiro atoms. The summed E-state index contributed by atoms with van der Waals surface area (Å²) in [7, 11) is -2.28. The highest BCUT2D eigenvalue weighted by atomic mass is 35.5. The van der Waals surface area contributed by atoms with Gasteiger partial charge >= 0.3 is 0 Å². The number of hydrogen-bond donors (Lipinski definition) is 1. The summed E-state index contributed by atoms with van der Waals surface area (Å²) in [5.41, 5.74) is 0. The van der Waals surface area contributed by atoms with E-state index in [1.807, 2.05) is 0 Å². The minimum Gasteiger partial charge on any atom is -0.495 e. The lowest BCUT2D eigenvalue weighted by atomic mass is 10.3. The van der Waals surface area contributed by atoms with Crippen molar-refractivity contribution in [1.82, 2.24) is 4.72 Å². The monoisotopic (exact) mass is 295 g/mol. The number of hydrogen-bond acceptors (Lipinski definition) is 3. The van der Waals surface area contributed by atoms with Gasteiger partial charge in [0.05, 0.1) is 17.2 Å². The summed E-state index contributed by atoms with van der Waals surface area (Å²) in [6.07, 6.45) is 1.43. The van der Waals surface area contributed by atoms with Gasteiger partial charge < -0.3 is 4.74 Å². The molecule has 1 rings (SSSR count). The molecular formula is C10H11Cl2NO3S. The molecule has 0 aliphatic heterocycles. The van der Waals surface area contributed by atoms with Crippen LogP contribution < -0.4 is 9.46 Å². The van der Waals surface area contributed by atoms with Gasteiger partial charge in [-0.1, -0.05) is 29.3 Å². The Labute approximate surface area is 110 Å². The van der Waals surface area contributed by atoms with E-state index in [9.17, 15) is 8.42 Å². The quantitative estimate of drug-likeness (QED) is 0.849. The van der Waals surface area contributed by atoms with Gasteiger partial charge in [-0.05, 0) is 6.07 Å². The number of ether oxygens (including phenoxy) is 1. The SMILES string of the molecule is C=CCNS(=O)(=O)c1cc(Cl)c(OC)cc1Cl. The molecule has 7 heteroatoms. The Balaban J connectivity index is 3.23. The molecule has 0 amide bonds. The number of methoxy groups -OCH3 is 1. The lowest BCUT2D eigenvalue weighted by molar-refractivity contribution is 0.414. The second-order valence-corrected chi connectivity index (χ2v) is 5.61. The molecule has 0 saturated heterocycles. The molecule has 0 heterocycles. The van der Waals surface area contributed by atoms with Crippen LogP contribution in [-0.2, 0) is 10.0 Å². The Hall–Kier alpha value is -0.750. The number of benzene rings is 1. The molecule has 0 bridgehead atoms. The highest BCUT2D eigenvalue weighted by Gasteiger charge is 2.19. The van der Waals surface area contributed by atoms with Crippen molar-refractivity contribution in [2.75, 3.05) is 13.7 Å². The van der Waals surface area contributed by atoms with E-state index in [-0.39, 0.29) is 21.5 Å². The maximum Gasteiger partial charge on any atom is 0.242 e. The zero-order chi connectivity index (χ0) is 13.1. The van der Waals surface area contributed by atoms with E-state index >= 15 is 0 Å². The third-order valence-electron chi connectivity index (χ3n) is 1.91. The van der Waals surface area contributed by atoms with Crippen molar-refractivity contribution in [3.63, 3.8) is 0 Å². The Kier molecular flexibility index (Phi) is 4.82. The van der Waals surface area contributed by atoms with E-state index in [1.54, 1.807) is 0 Å². The average molecular weight is 296 g/mol. The first-order valence-electron chi connectivity index (χ1n) is 4.56. The Morgan fingerprint density at radius 2 is 2.06 bits per heavy atom. The Morgan fingerprint density at radius 1 is 1.41 bits per heavy atom. The number of rotatable bonds is 5. The number of nitrogens with one attached hydrogen (secondary N) is 1. The van der Waals surface area contributed by atoms with E-state index in [1.165, 1.54) is 25.3 Å². The maximum absolute atomic E-state index is 11.8. The average Bonchev–Trinajstić information content (AvgIpc) is 2.28. The fourth-order valence-electron chi connectivity index (χ4n) is 1.12. The van der Waals surface area contributed by atoms with Crippen molar-refractivity contribution in [1.29, 1.82) is 0 Å².